The first kappa shape index (κ1) is 10.3. The van der Waals surface area contributed by atoms with Gasteiger partial charge in [0.1, 0.15) is 0 Å². The molecule has 2 rings (SSSR count). The standard InChI is InChI=1S/C10H16O3S/c11-8-6-14-4-3-10(8,9(12)13)5-7-1-2-7/h7-8,11H,1-6H2,(H,12,13). The van der Waals surface area contributed by atoms with Gasteiger partial charge in [0, 0.05) is 5.75 Å². The van der Waals surface area contributed by atoms with Crippen LogP contribution in [0.3, 0.4) is 0 Å². The molecule has 0 radical (unpaired) electrons. The lowest BCUT2D eigenvalue weighted by Crippen LogP contribution is -2.47. The lowest BCUT2D eigenvalue weighted by Gasteiger charge is -2.37. The maximum absolute atomic E-state index is 11.3. The van der Waals surface area contributed by atoms with E-state index in [1.165, 1.54) is 0 Å². The Morgan fingerprint density at radius 2 is 2.21 bits per heavy atom. The molecule has 3 nitrogen and oxygen atoms in total. The van der Waals surface area contributed by atoms with Crippen LogP contribution < -0.4 is 0 Å². The molecule has 80 valence electrons. The fourth-order valence-electron chi connectivity index (χ4n) is 2.19. The minimum atomic E-state index is -0.827. The SMILES string of the molecule is O=C(O)C1(CC2CC2)CCSCC1O. The Bertz CT molecular complexity index is 240. The Balaban J connectivity index is 2.13. The van der Waals surface area contributed by atoms with Crippen molar-refractivity contribution in [3.05, 3.63) is 0 Å². The molecule has 1 saturated carbocycles. The first-order chi connectivity index (χ1) is 6.65. The fourth-order valence-corrected chi connectivity index (χ4v) is 3.40. The van der Waals surface area contributed by atoms with Crippen molar-refractivity contribution in [2.45, 2.75) is 31.8 Å². The Morgan fingerprint density at radius 1 is 1.50 bits per heavy atom. The van der Waals surface area contributed by atoms with Crippen LogP contribution in [0.2, 0.25) is 0 Å². The van der Waals surface area contributed by atoms with E-state index in [2.05, 4.69) is 0 Å². The zero-order chi connectivity index (χ0) is 10.2. The molecule has 2 atom stereocenters. The van der Waals surface area contributed by atoms with Gasteiger partial charge in [0.05, 0.1) is 11.5 Å². The lowest BCUT2D eigenvalue weighted by molar-refractivity contribution is -0.157. The molecule has 1 aliphatic heterocycles. The van der Waals surface area contributed by atoms with E-state index in [0.29, 0.717) is 24.5 Å². The van der Waals surface area contributed by atoms with Gasteiger partial charge in [-0.25, -0.2) is 0 Å². The van der Waals surface area contributed by atoms with Crippen molar-refractivity contribution >= 4 is 17.7 Å². The van der Waals surface area contributed by atoms with E-state index in [1.807, 2.05) is 0 Å². The number of aliphatic hydroxyl groups is 1. The van der Waals surface area contributed by atoms with Crippen molar-refractivity contribution in [2.75, 3.05) is 11.5 Å². The third-order valence-corrected chi connectivity index (χ3v) is 4.43. The van der Waals surface area contributed by atoms with E-state index in [4.69, 9.17) is 0 Å². The van der Waals surface area contributed by atoms with Gasteiger partial charge in [-0.1, -0.05) is 12.8 Å². The number of aliphatic hydroxyl groups excluding tert-OH is 1. The van der Waals surface area contributed by atoms with Crippen LogP contribution in [0.25, 0.3) is 0 Å². The van der Waals surface area contributed by atoms with Gasteiger partial charge in [0.2, 0.25) is 0 Å². The van der Waals surface area contributed by atoms with Crippen LogP contribution in [0.5, 0.6) is 0 Å². The van der Waals surface area contributed by atoms with Crippen LogP contribution in [0.15, 0.2) is 0 Å². The van der Waals surface area contributed by atoms with Gasteiger partial charge in [0.15, 0.2) is 0 Å². The van der Waals surface area contributed by atoms with Crippen molar-refractivity contribution in [3.63, 3.8) is 0 Å². The maximum atomic E-state index is 11.3. The summed E-state index contributed by atoms with van der Waals surface area (Å²) in [6.45, 7) is 0. The summed E-state index contributed by atoms with van der Waals surface area (Å²) in [5, 5.41) is 19.1. The second-order valence-corrected chi connectivity index (χ2v) is 5.60. The number of aliphatic carboxylic acids is 1. The Hall–Kier alpha value is -0.220. The van der Waals surface area contributed by atoms with Crippen LogP contribution in [0, 0.1) is 11.3 Å². The summed E-state index contributed by atoms with van der Waals surface area (Å²) in [5.41, 5.74) is -0.827. The maximum Gasteiger partial charge on any atom is 0.312 e. The van der Waals surface area contributed by atoms with E-state index < -0.39 is 17.5 Å². The molecule has 2 N–H and O–H groups in total. The van der Waals surface area contributed by atoms with Crippen LogP contribution >= 0.6 is 11.8 Å². The molecular weight excluding hydrogens is 200 g/mol. The first-order valence-electron chi connectivity index (χ1n) is 5.14. The number of carboxylic acid groups (broad SMARTS) is 1. The first-order valence-corrected chi connectivity index (χ1v) is 6.30. The smallest absolute Gasteiger partial charge is 0.312 e. The summed E-state index contributed by atoms with van der Waals surface area (Å²) < 4.78 is 0. The van der Waals surface area contributed by atoms with Gasteiger partial charge in [-0.05, 0) is 24.5 Å². The highest BCUT2D eigenvalue weighted by molar-refractivity contribution is 7.99. The second-order valence-electron chi connectivity index (χ2n) is 4.45. The topological polar surface area (TPSA) is 57.5 Å². The van der Waals surface area contributed by atoms with E-state index in [9.17, 15) is 15.0 Å². The summed E-state index contributed by atoms with van der Waals surface area (Å²) in [5.74, 6) is 1.22. The highest BCUT2D eigenvalue weighted by Gasteiger charge is 2.49. The molecule has 0 aromatic heterocycles. The molecule has 1 aliphatic carbocycles. The molecule has 0 aromatic rings. The van der Waals surface area contributed by atoms with Crippen LogP contribution in [-0.2, 0) is 4.79 Å². The Labute approximate surface area is 87.9 Å². The van der Waals surface area contributed by atoms with E-state index in [0.717, 1.165) is 18.6 Å². The Morgan fingerprint density at radius 3 is 2.71 bits per heavy atom. The largest absolute Gasteiger partial charge is 0.481 e. The molecule has 1 heterocycles. The normalized spacial score (nSPS) is 38.2. The minimum absolute atomic E-state index is 0.559. The third-order valence-electron chi connectivity index (χ3n) is 3.38. The number of carbonyl (C=O) groups is 1. The minimum Gasteiger partial charge on any atom is -0.481 e. The average Bonchev–Trinajstić information content (AvgIpc) is 2.92. The van der Waals surface area contributed by atoms with E-state index in [1.54, 1.807) is 11.8 Å². The van der Waals surface area contributed by atoms with Crippen LogP contribution in [0.4, 0.5) is 0 Å². The number of hydrogen-bond donors (Lipinski definition) is 2. The molecule has 0 amide bonds. The summed E-state index contributed by atoms with van der Waals surface area (Å²) in [7, 11) is 0. The predicted octanol–water partition coefficient (Wildman–Crippen LogP) is 1.36. The number of rotatable bonds is 3. The molecule has 1 saturated heterocycles. The molecule has 2 aliphatic rings. The molecule has 0 spiro atoms. The highest BCUT2D eigenvalue weighted by Crippen LogP contribution is 2.47. The monoisotopic (exact) mass is 216 g/mol. The van der Waals surface area contributed by atoms with Crippen molar-refractivity contribution in [2.24, 2.45) is 11.3 Å². The zero-order valence-corrected chi connectivity index (χ0v) is 8.92. The quantitative estimate of drug-likeness (QED) is 0.748. The summed E-state index contributed by atoms with van der Waals surface area (Å²) in [6, 6.07) is 0. The van der Waals surface area contributed by atoms with Gasteiger partial charge in [-0.15, -0.1) is 0 Å². The summed E-state index contributed by atoms with van der Waals surface area (Å²) >= 11 is 1.66. The van der Waals surface area contributed by atoms with Crippen molar-refractivity contribution in [1.29, 1.82) is 0 Å². The van der Waals surface area contributed by atoms with Gasteiger partial charge in [-0.3, -0.25) is 4.79 Å². The van der Waals surface area contributed by atoms with Crippen molar-refractivity contribution < 1.29 is 15.0 Å². The third kappa shape index (κ3) is 1.77. The molecule has 4 heteroatoms. The number of hydrogen-bond acceptors (Lipinski definition) is 3. The summed E-state index contributed by atoms with van der Waals surface area (Å²) in [6.07, 6.45) is 2.96. The van der Waals surface area contributed by atoms with Crippen molar-refractivity contribution in [3.8, 4) is 0 Å². The molecule has 14 heavy (non-hydrogen) atoms. The predicted molar refractivity (Wildman–Crippen MR) is 55.4 cm³/mol. The van der Waals surface area contributed by atoms with Gasteiger partial charge in [0.25, 0.3) is 0 Å². The summed E-state index contributed by atoms with van der Waals surface area (Å²) in [4.78, 5) is 11.3. The Kier molecular flexibility index (Phi) is 2.75. The molecule has 2 unspecified atom stereocenters. The number of thioether (sulfide) groups is 1. The molecule has 0 bridgehead atoms. The van der Waals surface area contributed by atoms with E-state index in [-0.39, 0.29) is 0 Å². The highest BCUT2D eigenvalue weighted by atomic mass is 32.2. The van der Waals surface area contributed by atoms with Crippen molar-refractivity contribution in [1.82, 2.24) is 0 Å². The molecule has 0 aromatic carbocycles. The fraction of sp³-hybridized carbons (Fsp3) is 0.900. The van der Waals surface area contributed by atoms with Gasteiger partial charge in [-0.2, -0.15) is 11.8 Å². The second kappa shape index (κ2) is 3.74. The zero-order valence-electron chi connectivity index (χ0n) is 8.11. The molecular formula is C10H16O3S. The van der Waals surface area contributed by atoms with Crippen LogP contribution in [-0.4, -0.2) is 33.8 Å². The van der Waals surface area contributed by atoms with Crippen LogP contribution in [0.1, 0.15) is 25.7 Å². The van der Waals surface area contributed by atoms with Gasteiger partial charge < -0.3 is 10.2 Å². The lowest BCUT2D eigenvalue weighted by atomic mass is 9.75. The van der Waals surface area contributed by atoms with E-state index >= 15 is 0 Å². The van der Waals surface area contributed by atoms with Gasteiger partial charge >= 0.3 is 5.97 Å². The molecule has 2 fully saturated rings. The average molecular weight is 216 g/mol. The number of carboxylic acids is 1.